The van der Waals surface area contributed by atoms with Gasteiger partial charge in [-0.05, 0) is 63.3 Å². The third kappa shape index (κ3) is 3.83. The number of carbonyl (C=O) groups excluding carboxylic acids is 1. The van der Waals surface area contributed by atoms with Gasteiger partial charge >= 0.3 is 5.97 Å². The summed E-state index contributed by atoms with van der Waals surface area (Å²) in [5, 5.41) is 0. The normalized spacial score (nSPS) is 18.9. The van der Waals surface area contributed by atoms with Crippen LogP contribution in [0.3, 0.4) is 0 Å². The average molecular weight is 351 g/mol. The Bertz CT molecular complexity index is 791. The van der Waals surface area contributed by atoms with Crippen molar-refractivity contribution in [3.8, 4) is 0 Å². The molecular weight excluding hydrogens is 322 g/mol. The molecule has 138 valence electrons. The SMILES string of the molecule is Cc1ccccc1[C@H]1c2ccccc2CCN1C(C)C(=O)OC(C)(C)C. The van der Waals surface area contributed by atoms with Crippen molar-refractivity contribution in [3.05, 3.63) is 70.8 Å². The Balaban J connectivity index is 2.02. The molecule has 0 aliphatic carbocycles. The molecule has 26 heavy (non-hydrogen) atoms. The zero-order valence-electron chi connectivity index (χ0n) is 16.5. The number of rotatable bonds is 3. The van der Waals surface area contributed by atoms with E-state index in [9.17, 15) is 4.79 Å². The number of esters is 1. The van der Waals surface area contributed by atoms with Crippen LogP contribution in [0.1, 0.15) is 56.0 Å². The van der Waals surface area contributed by atoms with Crippen LogP contribution in [0.25, 0.3) is 0 Å². The van der Waals surface area contributed by atoms with Crippen molar-refractivity contribution in [2.24, 2.45) is 0 Å². The first-order chi connectivity index (χ1) is 12.3. The molecule has 0 N–H and O–H groups in total. The lowest BCUT2D eigenvalue weighted by atomic mass is 9.85. The van der Waals surface area contributed by atoms with Crippen molar-refractivity contribution < 1.29 is 9.53 Å². The van der Waals surface area contributed by atoms with Crippen molar-refractivity contribution >= 4 is 5.97 Å². The fourth-order valence-electron chi connectivity index (χ4n) is 3.77. The monoisotopic (exact) mass is 351 g/mol. The van der Waals surface area contributed by atoms with E-state index in [2.05, 4.69) is 60.4 Å². The van der Waals surface area contributed by atoms with Crippen LogP contribution >= 0.6 is 0 Å². The number of nitrogens with zero attached hydrogens (tertiary/aromatic N) is 1. The van der Waals surface area contributed by atoms with Gasteiger partial charge in [-0.3, -0.25) is 9.69 Å². The second-order valence-electron chi connectivity index (χ2n) is 8.16. The predicted octanol–water partition coefficient (Wildman–Crippen LogP) is 4.67. The van der Waals surface area contributed by atoms with Crippen molar-refractivity contribution in [1.29, 1.82) is 0 Å². The summed E-state index contributed by atoms with van der Waals surface area (Å²) in [6.45, 7) is 10.7. The molecule has 3 nitrogen and oxygen atoms in total. The van der Waals surface area contributed by atoms with Crippen LogP contribution < -0.4 is 0 Å². The summed E-state index contributed by atoms with van der Waals surface area (Å²) in [5.41, 5.74) is 4.69. The van der Waals surface area contributed by atoms with E-state index in [1.54, 1.807) is 0 Å². The zero-order valence-corrected chi connectivity index (χ0v) is 16.5. The highest BCUT2D eigenvalue weighted by Gasteiger charge is 2.36. The van der Waals surface area contributed by atoms with E-state index in [0.717, 1.165) is 13.0 Å². The Morgan fingerprint density at radius 2 is 1.69 bits per heavy atom. The maximum Gasteiger partial charge on any atom is 0.323 e. The van der Waals surface area contributed by atoms with E-state index in [4.69, 9.17) is 4.74 Å². The third-order valence-corrected chi connectivity index (χ3v) is 5.05. The first kappa shape index (κ1) is 18.7. The highest BCUT2D eigenvalue weighted by molar-refractivity contribution is 5.76. The van der Waals surface area contributed by atoms with Gasteiger partial charge < -0.3 is 4.74 Å². The Labute approximate surface area is 157 Å². The zero-order chi connectivity index (χ0) is 18.9. The van der Waals surface area contributed by atoms with E-state index in [-0.39, 0.29) is 18.1 Å². The van der Waals surface area contributed by atoms with Gasteiger partial charge in [0.15, 0.2) is 0 Å². The second kappa shape index (κ2) is 7.24. The predicted molar refractivity (Wildman–Crippen MR) is 105 cm³/mol. The second-order valence-corrected chi connectivity index (χ2v) is 8.16. The number of ether oxygens (including phenoxy) is 1. The first-order valence-corrected chi connectivity index (χ1v) is 9.40. The molecule has 1 aliphatic rings. The molecule has 1 aliphatic heterocycles. The fraction of sp³-hybridized carbons (Fsp3) is 0.435. The van der Waals surface area contributed by atoms with Gasteiger partial charge in [0.1, 0.15) is 11.6 Å². The number of hydrogen-bond acceptors (Lipinski definition) is 3. The summed E-state index contributed by atoms with van der Waals surface area (Å²) in [4.78, 5) is 15.1. The summed E-state index contributed by atoms with van der Waals surface area (Å²) < 4.78 is 5.67. The van der Waals surface area contributed by atoms with Crippen LogP contribution in [0.15, 0.2) is 48.5 Å². The van der Waals surface area contributed by atoms with E-state index in [1.807, 2.05) is 27.7 Å². The minimum Gasteiger partial charge on any atom is -0.459 e. The molecule has 3 rings (SSSR count). The topological polar surface area (TPSA) is 29.5 Å². The van der Waals surface area contributed by atoms with Crippen LogP contribution in [0.2, 0.25) is 0 Å². The molecular formula is C23H29NO2. The van der Waals surface area contributed by atoms with Gasteiger partial charge in [-0.25, -0.2) is 0 Å². The Morgan fingerprint density at radius 3 is 2.35 bits per heavy atom. The Morgan fingerprint density at radius 1 is 1.08 bits per heavy atom. The molecule has 2 atom stereocenters. The molecule has 1 heterocycles. The highest BCUT2D eigenvalue weighted by Crippen LogP contribution is 2.38. The van der Waals surface area contributed by atoms with Crippen LogP contribution in [0.4, 0.5) is 0 Å². The fourth-order valence-corrected chi connectivity index (χ4v) is 3.77. The number of fused-ring (bicyclic) bond motifs is 1. The van der Waals surface area contributed by atoms with Gasteiger partial charge in [-0.2, -0.15) is 0 Å². The van der Waals surface area contributed by atoms with Gasteiger partial charge in [-0.1, -0.05) is 48.5 Å². The standard InChI is InChI=1S/C23H29NO2/c1-16-10-6-8-12-19(16)21-20-13-9-7-11-18(20)14-15-24(21)17(2)22(25)26-23(3,4)5/h6-13,17,21H,14-15H2,1-5H3/t17?,21-/m0/s1. The molecule has 0 aromatic heterocycles. The molecule has 0 saturated heterocycles. The highest BCUT2D eigenvalue weighted by atomic mass is 16.6. The van der Waals surface area contributed by atoms with E-state index < -0.39 is 5.60 Å². The van der Waals surface area contributed by atoms with Gasteiger partial charge in [0.25, 0.3) is 0 Å². The molecule has 0 amide bonds. The lowest BCUT2D eigenvalue weighted by Gasteiger charge is -2.41. The molecule has 2 aromatic carbocycles. The molecule has 3 heteroatoms. The Kier molecular flexibility index (Phi) is 5.19. The molecule has 0 bridgehead atoms. The summed E-state index contributed by atoms with van der Waals surface area (Å²) in [7, 11) is 0. The average Bonchev–Trinajstić information content (AvgIpc) is 2.59. The first-order valence-electron chi connectivity index (χ1n) is 9.40. The van der Waals surface area contributed by atoms with Crippen molar-refractivity contribution in [3.63, 3.8) is 0 Å². The summed E-state index contributed by atoms with van der Waals surface area (Å²) in [6, 6.07) is 16.8. The molecule has 0 spiro atoms. The van der Waals surface area contributed by atoms with Gasteiger partial charge in [0.2, 0.25) is 0 Å². The summed E-state index contributed by atoms with van der Waals surface area (Å²) >= 11 is 0. The number of benzene rings is 2. The molecule has 2 aromatic rings. The summed E-state index contributed by atoms with van der Waals surface area (Å²) in [6.07, 6.45) is 0.950. The van der Waals surface area contributed by atoms with E-state index in [1.165, 1.54) is 22.3 Å². The van der Waals surface area contributed by atoms with Gasteiger partial charge in [0.05, 0.1) is 6.04 Å². The smallest absolute Gasteiger partial charge is 0.323 e. The minimum atomic E-state index is -0.475. The van der Waals surface area contributed by atoms with Crippen LogP contribution in [-0.4, -0.2) is 29.1 Å². The molecule has 0 radical (unpaired) electrons. The Hall–Kier alpha value is -2.13. The summed E-state index contributed by atoms with van der Waals surface area (Å²) in [5.74, 6) is -0.157. The van der Waals surface area contributed by atoms with Crippen molar-refractivity contribution in [2.75, 3.05) is 6.54 Å². The lowest BCUT2D eigenvalue weighted by Crippen LogP contribution is -2.47. The molecule has 0 fully saturated rings. The lowest BCUT2D eigenvalue weighted by molar-refractivity contribution is -0.161. The van der Waals surface area contributed by atoms with Crippen molar-refractivity contribution in [2.45, 2.75) is 58.7 Å². The van der Waals surface area contributed by atoms with Gasteiger partial charge in [-0.15, -0.1) is 0 Å². The van der Waals surface area contributed by atoms with E-state index in [0.29, 0.717) is 0 Å². The largest absolute Gasteiger partial charge is 0.459 e. The maximum absolute atomic E-state index is 12.8. The number of aryl methyl sites for hydroxylation is 1. The van der Waals surface area contributed by atoms with Crippen LogP contribution in [-0.2, 0) is 16.0 Å². The third-order valence-electron chi connectivity index (χ3n) is 5.05. The van der Waals surface area contributed by atoms with Crippen LogP contribution in [0, 0.1) is 6.92 Å². The minimum absolute atomic E-state index is 0.0728. The number of carbonyl (C=O) groups is 1. The molecule has 1 unspecified atom stereocenters. The van der Waals surface area contributed by atoms with Crippen molar-refractivity contribution in [1.82, 2.24) is 4.90 Å². The van der Waals surface area contributed by atoms with E-state index >= 15 is 0 Å². The number of hydrogen-bond donors (Lipinski definition) is 0. The maximum atomic E-state index is 12.8. The van der Waals surface area contributed by atoms with Crippen LogP contribution in [0.5, 0.6) is 0 Å². The molecule has 0 saturated carbocycles. The van der Waals surface area contributed by atoms with Gasteiger partial charge in [0, 0.05) is 6.54 Å². The quantitative estimate of drug-likeness (QED) is 0.753.